The smallest absolute Gasteiger partial charge is 0.510 e. The van der Waals surface area contributed by atoms with Crippen LogP contribution in [0.15, 0.2) is 64.8 Å². The van der Waals surface area contributed by atoms with Gasteiger partial charge in [0.25, 0.3) is 22.7 Å². The molecule has 0 aliphatic rings. The van der Waals surface area contributed by atoms with Crippen LogP contribution in [0.4, 0.5) is 18.0 Å². The maximum Gasteiger partial charge on any atom is 0.510 e. The standard InChI is InChI=1S/C24H25F3N6O8S/c1-15-5-7-17(8-6-15)20-13-21(24(25,26)27)28-32(20)18-9-11-19(12-10-18)42(37,38)29-22(34)16(2)31(3)33(36)30-41-14-40-23(35)39-4/h5-13,16H,14H2,1-4H3,(H,29,34)/b33-30-/t16-/m0/s1. The van der Waals surface area contributed by atoms with Gasteiger partial charge in [-0.3, -0.25) is 4.79 Å². The lowest BCUT2D eigenvalue weighted by molar-refractivity contribution is -0.710. The van der Waals surface area contributed by atoms with Gasteiger partial charge in [-0.1, -0.05) is 29.8 Å². The van der Waals surface area contributed by atoms with E-state index in [1.807, 2.05) is 11.6 Å². The fourth-order valence-electron chi connectivity index (χ4n) is 3.27. The second-order valence-corrected chi connectivity index (χ2v) is 10.3. The molecule has 1 aromatic heterocycles. The number of halogens is 3. The second-order valence-electron chi connectivity index (χ2n) is 8.58. The van der Waals surface area contributed by atoms with E-state index in [4.69, 9.17) is 0 Å². The molecular formula is C24H25F3N6O8S. The third-order valence-corrected chi connectivity index (χ3v) is 7.07. The zero-order valence-corrected chi connectivity index (χ0v) is 23.3. The Bertz CT molecular complexity index is 1560. The van der Waals surface area contributed by atoms with Crippen LogP contribution in [0.25, 0.3) is 16.9 Å². The van der Waals surface area contributed by atoms with Crippen molar-refractivity contribution in [2.45, 2.75) is 31.0 Å². The SMILES string of the molecule is COC(=O)OCO/N=[N+](\[O-])N(C)[C@@H](C)C(=O)NS(=O)(=O)c1ccc(-n2nc(C(F)(F)F)cc2-c2ccc(C)cc2)cc1. The number of likely N-dealkylation sites (N-methyl/N-ethyl adjacent to an activating group) is 1. The van der Waals surface area contributed by atoms with E-state index in [2.05, 4.69) is 24.7 Å². The topological polar surface area (TPSA) is 167 Å². The lowest BCUT2D eigenvalue weighted by Gasteiger charge is -2.19. The van der Waals surface area contributed by atoms with Gasteiger partial charge in [0.2, 0.25) is 5.28 Å². The van der Waals surface area contributed by atoms with Gasteiger partial charge in [-0.2, -0.15) is 18.3 Å². The molecule has 1 atom stereocenters. The summed E-state index contributed by atoms with van der Waals surface area (Å²) in [4.78, 5) is 27.3. The van der Waals surface area contributed by atoms with Crippen molar-refractivity contribution in [2.24, 2.45) is 5.28 Å². The molecule has 2 aromatic carbocycles. The number of sulfonamides is 1. The predicted molar refractivity (Wildman–Crippen MR) is 137 cm³/mol. The van der Waals surface area contributed by atoms with Crippen molar-refractivity contribution >= 4 is 22.1 Å². The monoisotopic (exact) mass is 614 g/mol. The van der Waals surface area contributed by atoms with Crippen molar-refractivity contribution < 1.29 is 50.5 Å². The van der Waals surface area contributed by atoms with Crippen molar-refractivity contribution in [3.05, 3.63) is 71.1 Å². The van der Waals surface area contributed by atoms with Gasteiger partial charge in [-0.25, -0.2) is 22.6 Å². The number of nitrogens with one attached hydrogen (secondary N) is 1. The normalized spacial score (nSPS) is 12.8. The third-order valence-electron chi connectivity index (χ3n) is 5.71. The number of benzene rings is 2. The Morgan fingerprint density at radius 1 is 1.17 bits per heavy atom. The molecule has 226 valence electrons. The van der Waals surface area contributed by atoms with Crippen molar-refractivity contribution in [2.75, 3.05) is 21.0 Å². The fraction of sp³-hybridized carbons (Fsp3) is 0.292. The number of nitrogens with zero attached hydrogens (tertiary/aromatic N) is 5. The summed E-state index contributed by atoms with van der Waals surface area (Å²) in [6.45, 7) is 2.25. The molecule has 0 aliphatic heterocycles. The summed E-state index contributed by atoms with van der Waals surface area (Å²) in [5.74, 6) is -1.12. The number of aromatic nitrogens is 2. The maximum atomic E-state index is 13.5. The van der Waals surface area contributed by atoms with Crippen LogP contribution in [-0.2, 0) is 35.3 Å². The fourth-order valence-corrected chi connectivity index (χ4v) is 4.32. The van der Waals surface area contributed by atoms with E-state index in [1.165, 1.54) is 19.1 Å². The Balaban J connectivity index is 1.77. The van der Waals surface area contributed by atoms with Crippen LogP contribution < -0.4 is 4.72 Å². The van der Waals surface area contributed by atoms with E-state index >= 15 is 0 Å². The van der Waals surface area contributed by atoms with E-state index in [1.54, 1.807) is 24.3 Å². The molecule has 0 spiro atoms. The lowest BCUT2D eigenvalue weighted by atomic mass is 10.1. The predicted octanol–water partition coefficient (Wildman–Crippen LogP) is 3.54. The van der Waals surface area contributed by atoms with Gasteiger partial charge in [0.05, 0.1) is 35.4 Å². The molecule has 0 saturated heterocycles. The number of amides is 1. The minimum Gasteiger partial charge on any atom is -0.569 e. The minimum absolute atomic E-state index is 0.122. The number of aryl methyl sites for hydroxylation is 1. The molecule has 3 rings (SSSR count). The zero-order chi connectivity index (χ0) is 31.2. The van der Waals surface area contributed by atoms with Crippen LogP contribution in [0.2, 0.25) is 0 Å². The number of carbonyl (C=O) groups excluding carboxylic acids is 2. The summed E-state index contributed by atoms with van der Waals surface area (Å²) in [6, 6.07) is 10.8. The number of ether oxygens (including phenoxy) is 2. The number of carbonyl (C=O) groups is 2. The van der Waals surface area contributed by atoms with Crippen LogP contribution in [0, 0.1) is 12.1 Å². The second kappa shape index (κ2) is 12.8. The highest BCUT2D eigenvalue weighted by molar-refractivity contribution is 7.90. The first-order valence-corrected chi connectivity index (χ1v) is 13.3. The number of methoxy groups -OCH3 is 1. The summed E-state index contributed by atoms with van der Waals surface area (Å²) in [7, 11) is -2.32. The Kier molecular flexibility index (Phi) is 9.61. The van der Waals surface area contributed by atoms with Crippen molar-refractivity contribution in [3.8, 4) is 16.9 Å². The average Bonchev–Trinajstić information content (AvgIpc) is 3.41. The van der Waals surface area contributed by atoms with Gasteiger partial charge in [0, 0.05) is 5.56 Å². The number of hydrazine groups is 1. The molecule has 14 nitrogen and oxygen atoms in total. The van der Waals surface area contributed by atoms with Gasteiger partial charge >= 0.3 is 12.3 Å². The van der Waals surface area contributed by atoms with Crippen LogP contribution in [0.3, 0.4) is 0 Å². The summed E-state index contributed by atoms with van der Waals surface area (Å²) < 4.78 is 77.4. The first-order chi connectivity index (χ1) is 19.6. The maximum absolute atomic E-state index is 13.5. The van der Waals surface area contributed by atoms with Gasteiger partial charge < -0.3 is 19.5 Å². The van der Waals surface area contributed by atoms with Gasteiger partial charge in [-0.15, -0.1) is 5.01 Å². The van der Waals surface area contributed by atoms with E-state index in [0.29, 0.717) is 10.6 Å². The number of hydrogen-bond acceptors (Lipinski definition) is 10. The summed E-state index contributed by atoms with van der Waals surface area (Å²) in [6.07, 6.45) is -5.82. The quantitative estimate of drug-likeness (QED) is 0.0891. The number of rotatable bonds is 10. The molecule has 1 N–H and O–H groups in total. The molecule has 0 radical (unpaired) electrons. The molecule has 0 aliphatic carbocycles. The van der Waals surface area contributed by atoms with Gasteiger partial charge in [0.15, 0.2) is 11.7 Å². The highest BCUT2D eigenvalue weighted by Crippen LogP contribution is 2.33. The molecule has 0 bridgehead atoms. The Hall–Kier alpha value is -4.87. The van der Waals surface area contributed by atoms with Gasteiger partial charge in [-0.05, 0) is 44.2 Å². The summed E-state index contributed by atoms with van der Waals surface area (Å²) in [5.41, 5.74) is 0.455. The molecule has 0 saturated carbocycles. The van der Waals surface area contributed by atoms with Crippen molar-refractivity contribution in [1.82, 2.24) is 19.5 Å². The highest BCUT2D eigenvalue weighted by atomic mass is 32.2. The number of hydrogen-bond donors (Lipinski definition) is 1. The Morgan fingerprint density at radius 3 is 2.36 bits per heavy atom. The van der Waals surface area contributed by atoms with Crippen LogP contribution >= 0.6 is 0 Å². The van der Waals surface area contributed by atoms with Crippen molar-refractivity contribution in [1.29, 1.82) is 0 Å². The molecule has 18 heteroatoms. The van der Waals surface area contributed by atoms with E-state index < -0.39 is 46.8 Å². The summed E-state index contributed by atoms with van der Waals surface area (Å²) in [5, 5.41) is 19.4. The highest BCUT2D eigenvalue weighted by Gasteiger charge is 2.35. The summed E-state index contributed by atoms with van der Waals surface area (Å²) >= 11 is 0. The molecule has 3 aromatic rings. The molecular weight excluding hydrogens is 589 g/mol. The van der Waals surface area contributed by atoms with E-state index in [0.717, 1.165) is 42.6 Å². The molecule has 42 heavy (non-hydrogen) atoms. The van der Waals surface area contributed by atoms with Crippen molar-refractivity contribution in [3.63, 3.8) is 0 Å². The van der Waals surface area contributed by atoms with Crippen LogP contribution in [0.1, 0.15) is 18.2 Å². The largest absolute Gasteiger partial charge is 0.569 e. The first-order valence-electron chi connectivity index (χ1n) is 11.8. The minimum atomic E-state index is -4.72. The Labute approximate surface area is 237 Å². The van der Waals surface area contributed by atoms with Crippen LogP contribution in [-0.4, -0.2) is 67.2 Å². The molecule has 0 fully saturated rings. The first kappa shape index (κ1) is 31.7. The Morgan fingerprint density at radius 2 is 1.79 bits per heavy atom. The van der Waals surface area contributed by atoms with Gasteiger partial charge in [0.1, 0.15) is 0 Å². The van der Waals surface area contributed by atoms with E-state index in [9.17, 15) is 36.4 Å². The van der Waals surface area contributed by atoms with Crippen LogP contribution in [0.5, 0.6) is 0 Å². The van der Waals surface area contributed by atoms with E-state index in [-0.39, 0.29) is 21.2 Å². The zero-order valence-electron chi connectivity index (χ0n) is 22.5. The third kappa shape index (κ3) is 7.65. The number of alkyl halides is 3. The molecule has 0 unspecified atom stereocenters. The average molecular weight is 615 g/mol. The molecule has 1 amide bonds. The lowest BCUT2D eigenvalue weighted by Crippen LogP contribution is -2.47. The molecule has 1 heterocycles.